The number of hydrogen-bond donors (Lipinski definition) is 0. The molecule has 0 radical (unpaired) electrons. The van der Waals surface area contributed by atoms with Crippen LogP contribution in [0.3, 0.4) is 0 Å². The Kier molecular flexibility index (Phi) is 10.3. The van der Waals surface area contributed by atoms with E-state index in [-0.39, 0.29) is 0 Å². The van der Waals surface area contributed by atoms with Crippen LogP contribution in [0.25, 0.3) is 0 Å². The van der Waals surface area contributed by atoms with Gasteiger partial charge in [0.1, 0.15) is 0 Å². The first-order valence-corrected chi connectivity index (χ1v) is 9.37. The Morgan fingerprint density at radius 3 is 1.76 bits per heavy atom. The second kappa shape index (κ2) is 11.8. The summed E-state index contributed by atoms with van der Waals surface area (Å²) in [5.74, 6) is 0.910. The van der Waals surface area contributed by atoms with Gasteiger partial charge in [0.15, 0.2) is 0 Å². The van der Waals surface area contributed by atoms with Crippen LogP contribution < -0.4 is 0 Å². The van der Waals surface area contributed by atoms with Crippen molar-refractivity contribution < 1.29 is 0 Å². The van der Waals surface area contributed by atoms with Gasteiger partial charge in [0.05, 0.1) is 0 Å². The van der Waals surface area contributed by atoms with Gasteiger partial charge in [0.2, 0.25) is 0 Å². The Hall–Kier alpha value is -0.780. The predicted molar refractivity (Wildman–Crippen MR) is 95.9 cm³/mol. The summed E-state index contributed by atoms with van der Waals surface area (Å²) in [5, 5.41) is 0. The highest BCUT2D eigenvalue weighted by atomic mass is 14.1. The topological polar surface area (TPSA) is 0 Å². The van der Waals surface area contributed by atoms with Crippen LogP contribution in [0.1, 0.15) is 89.7 Å². The minimum Gasteiger partial charge on any atom is -0.0654 e. The van der Waals surface area contributed by atoms with Crippen molar-refractivity contribution in [1.82, 2.24) is 0 Å². The quantitative estimate of drug-likeness (QED) is 0.365. The molecule has 0 saturated heterocycles. The molecule has 1 aromatic carbocycles. The molecular formula is C21H36. The van der Waals surface area contributed by atoms with Gasteiger partial charge in [-0.1, -0.05) is 90.0 Å². The molecule has 0 heteroatoms. The van der Waals surface area contributed by atoms with Crippen molar-refractivity contribution in [2.75, 3.05) is 0 Å². The van der Waals surface area contributed by atoms with E-state index in [4.69, 9.17) is 0 Å². The van der Waals surface area contributed by atoms with E-state index in [1.54, 1.807) is 0 Å². The molecule has 0 aliphatic heterocycles. The van der Waals surface area contributed by atoms with Crippen LogP contribution in [0.4, 0.5) is 0 Å². The number of benzene rings is 1. The Morgan fingerprint density at radius 1 is 0.667 bits per heavy atom. The molecule has 0 saturated carbocycles. The smallest absolute Gasteiger partial charge is 0.0276 e. The van der Waals surface area contributed by atoms with Crippen LogP contribution in [0.5, 0.6) is 0 Å². The van der Waals surface area contributed by atoms with Crippen LogP contribution in [-0.4, -0.2) is 0 Å². The average Bonchev–Trinajstić information content (AvgIpc) is 2.53. The molecule has 0 amide bonds. The standard InChI is InChI=1S/C21H36/c1-4-7-8-9-10-11-12-20-15-17-21(18-16-20)14-13-19(5-2)6-3/h15-19H,4-14H2,1-3H3. The van der Waals surface area contributed by atoms with Gasteiger partial charge in [-0.25, -0.2) is 0 Å². The Labute approximate surface area is 133 Å². The lowest BCUT2D eigenvalue weighted by Gasteiger charge is -2.12. The number of aryl methyl sites for hydroxylation is 2. The molecule has 0 aliphatic carbocycles. The van der Waals surface area contributed by atoms with Crippen LogP contribution in [0, 0.1) is 5.92 Å². The lowest BCUT2D eigenvalue weighted by Crippen LogP contribution is -1.99. The normalized spacial score (nSPS) is 11.2. The molecule has 0 atom stereocenters. The summed E-state index contributed by atoms with van der Waals surface area (Å²) in [6.07, 6.45) is 14.9. The zero-order chi connectivity index (χ0) is 15.3. The first kappa shape index (κ1) is 18.3. The largest absolute Gasteiger partial charge is 0.0654 e. The summed E-state index contributed by atoms with van der Waals surface area (Å²) < 4.78 is 0. The second-order valence-corrected chi connectivity index (χ2v) is 6.56. The SMILES string of the molecule is CCCCCCCCc1ccc(CCC(CC)CC)cc1. The van der Waals surface area contributed by atoms with Gasteiger partial charge in [0, 0.05) is 0 Å². The molecule has 0 unspecified atom stereocenters. The fourth-order valence-corrected chi connectivity index (χ4v) is 3.05. The first-order chi connectivity index (χ1) is 10.3. The van der Waals surface area contributed by atoms with Gasteiger partial charge in [0.25, 0.3) is 0 Å². The van der Waals surface area contributed by atoms with Crippen LogP contribution >= 0.6 is 0 Å². The van der Waals surface area contributed by atoms with Gasteiger partial charge in [-0.15, -0.1) is 0 Å². The van der Waals surface area contributed by atoms with E-state index >= 15 is 0 Å². The van der Waals surface area contributed by atoms with E-state index in [1.165, 1.54) is 81.8 Å². The van der Waals surface area contributed by atoms with Gasteiger partial charge in [-0.2, -0.15) is 0 Å². The summed E-state index contributed by atoms with van der Waals surface area (Å²) in [6.45, 7) is 6.92. The highest BCUT2D eigenvalue weighted by molar-refractivity contribution is 5.22. The van der Waals surface area contributed by atoms with Crippen LogP contribution in [0.2, 0.25) is 0 Å². The molecule has 0 N–H and O–H groups in total. The predicted octanol–water partition coefficient (Wildman–Crippen LogP) is 6.96. The Bertz CT molecular complexity index is 332. The van der Waals surface area contributed by atoms with Crippen molar-refractivity contribution in [3.63, 3.8) is 0 Å². The first-order valence-electron chi connectivity index (χ1n) is 9.37. The molecule has 0 nitrogen and oxygen atoms in total. The van der Waals surface area contributed by atoms with Crippen LogP contribution in [-0.2, 0) is 12.8 Å². The molecular weight excluding hydrogens is 252 g/mol. The highest BCUT2D eigenvalue weighted by Crippen LogP contribution is 2.17. The van der Waals surface area contributed by atoms with Crippen molar-refractivity contribution in [1.29, 1.82) is 0 Å². The van der Waals surface area contributed by atoms with E-state index in [0.29, 0.717) is 0 Å². The number of rotatable bonds is 12. The monoisotopic (exact) mass is 288 g/mol. The summed E-state index contributed by atoms with van der Waals surface area (Å²) in [6, 6.07) is 9.42. The van der Waals surface area contributed by atoms with E-state index in [9.17, 15) is 0 Å². The molecule has 120 valence electrons. The lowest BCUT2D eigenvalue weighted by atomic mass is 9.94. The zero-order valence-electron chi connectivity index (χ0n) is 14.7. The summed E-state index contributed by atoms with van der Waals surface area (Å²) >= 11 is 0. The minimum absolute atomic E-state index is 0.910. The molecule has 1 aromatic rings. The maximum atomic E-state index is 2.36. The summed E-state index contributed by atoms with van der Waals surface area (Å²) in [4.78, 5) is 0. The fourth-order valence-electron chi connectivity index (χ4n) is 3.05. The maximum absolute atomic E-state index is 2.36. The summed E-state index contributed by atoms with van der Waals surface area (Å²) in [7, 11) is 0. The third-order valence-electron chi connectivity index (χ3n) is 4.84. The van der Waals surface area contributed by atoms with Crippen LogP contribution in [0.15, 0.2) is 24.3 Å². The van der Waals surface area contributed by atoms with Crippen molar-refractivity contribution in [3.05, 3.63) is 35.4 Å². The van der Waals surface area contributed by atoms with Crippen molar-refractivity contribution in [2.24, 2.45) is 5.92 Å². The van der Waals surface area contributed by atoms with Gasteiger partial charge < -0.3 is 0 Å². The molecule has 0 bridgehead atoms. The Morgan fingerprint density at radius 2 is 1.19 bits per heavy atom. The van der Waals surface area contributed by atoms with Crippen molar-refractivity contribution in [3.8, 4) is 0 Å². The van der Waals surface area contributed by atoms with Gasteiger partial charge in [-0.3, -0.25) is 0 Å². The zero-order valence-corrected chi connectivity index (χ0v) is 14.7. The van der Waals surface area contributed by atoms with Crippen molar-refractivity contribution in [2.45, 2.75) is 91.4 Å². The molecule has 0 heterocycles. The molecule has 0 fully saturated rings. The highest BCUT2D eigenvalue weighted by Gasteiger charge is 2.03. The Balaban J connectivity index is 2.21. The van der Waals surface area contributed by atoms with E-state index in [2.05, 4.69) is 45.0 Å². The van der Waals surface area contributed by atoms with Gasteiger partial charge in [-0.05, 0) is 42.7 Å². The van der Waals surface area contributed by atoms with Crippen molar-refractivity contribution >= 4 is 0 Å². The molecule has 0 spiro atoms. The van der Waals surface area contributed by atoms with Gasteiger partial charge >= 0.3 is 0 Å². The maximum Gasteiger partial charge on any atom is -0.0276 e. The lowest BCUT2D eigenvalue weighted by molar-refractivity contribution is 0.456. The second-order valence-electron chi connectivity index (χ2n) is 6.56. The van der Waals surface area contributed by atoms with E-state index in [0.717, 1.165) is 5.92 Å². The van der Waals surface area contributed by atoms with E-state index in [1.807, 2.05) is 0 Å². The average molecular weight is 289 g/mol. The number of unbranched alkanes of at least 4 members (excludes halogenated alkanes) is 5. The molecule has 21 heavy (non-hydrogen) atoms. The minimum atomic E-state index is 0.910. The fraction of sp³-hybridized carbons (Fsp3) is 0.714. The molecule has 1 rings (SSSR count). The molecule has 0 aromatic heterocycles. The third kappa shape index (κ3) is 8.29. The third-order valence-corrected chi connectivity index (χ3v) is 4.84. The number of hydrogen-bond acceptors (Lipinski definition) is 0. The summed E-state index contributed by atoms with van der Waals surface area (Å²) in [5.41, 5.74) is 3.05. The van der Waals surface area contributed by atoms with E-state index < -0.39 is 0 Å². The molecule has 0 aliphatic rings.